The molecule has 1 aromatic heterocycles. The monoisotopic (exact) mass is 281 g/mol. The van der Waals surface area contributed by atoms with Crippen molar-refractivity contribution in [2.24, 2.45) is 0 Å². The number of halogens is 1. The van der Waals surface area contributed by atoms with Gasteiger partial charge in [0.15, 0.2) is 0 Å². The number of sulfonamides is 1. The van der Waals surface area contributed by atoms with Gasteiger partial charge in [-0.3, -0.25) is 4.72 Å². The number of hydrogen-bond donors (Lipinski definition) is 2. The second kappa shape index (κ2) is 4.85. The first-order valence-electron chi connectivity index (χ1n) is 5.39. The van der Waals surface area contributed by atoms with Gasteiger partial charge in [-0.1, -0.05) is 6.07 Å². The zero-order valence-electron chi connectivity index (χ0n) is 10.1. The highest BCUT2D eigenvalue weighted by Crippen LogP contribution is 2.22. The average molecular weight is 281 g/mol. The van der Waals surface area contributed by atoms with Crippen molar-refractivity contribution >= 4 is 21.5 Å². The van der Waals surface area contributed by atoms with Gasteiger partial charge in [0.1, 0.15) is 16.5 Å². The van der Waals surface area contributed by atoms with Gasteiger partial charge in [0.2, 0.25) is 0 Å². The minimum atomic E-state index is -3.97. The van der Waals surface area contributed by atoms with Crippen LogP contribution in [-0.4, -0.2) is 13.4 Å². The van der Waals surface area contributed by atoms with Crippen LogP contribution in [0.4, 0.5) is 15.9 Å². The Morgan fingerprint density at radius 2 is 2.05 bits per heavy atom. The molecule has 0 saturated carbocycles. The van der Waals surface area contributed by atoms with Crippen molar-refractivity contribution in [1.29, 1.82) is 0 Å². The Morgan fingerprint density at radius 3 is 2.74 bits per heavy atom. The third kappa shape index (κ3) is 2.82. The van der Waals surface area contributed by atoms with Crippen LogP contribution in [0.3, 0.4) is 0 Å². The predicted octanol–water partition coefficient (Wildman–Crippen LogP) is 1.91. The summed E-state index contributed by atoms with van der Waals surface area (Å²) in [6.07, 6.45) is 1.46. The molecular formula is C12H12FN3O2S. The van der Waals surface area contributed by atoms with E-state index in [0.717, 1.165) is 12.1 Å². The van der Waals surface area contributed by atoms with Crippen molar-refractivity contribution in [2.75, 3.05) is 10.5 Å². The molecule has 0 unspecified atom stereocenters. The third-order valence-corrected chi connectivity index (χ3v) is 3.90. The molecule has 0 amide bonds. The SMILES string of the molecule is Cc1cccnc1NS(=O)(=O)c1cc(F)ccc1N. The van der Waals surface area contributed by atoms with Crippen LogP contribution in [0.25, 0.3) is 0 Å². The molecule has 0 spiro atoms. The number of benzene rings is 1. The standard InChI is InChI=1S/C12H12FN3O2S/c1-8-3-2-6-15-12(8)16-19(17,18)11-7-9(13)4-5-10(11)14/h2-7H,14H2,1H3,(H,15,16). The second-order valence-corrected chi connectivity index (χ2v) is 5.61. The largest absolute Gasteiger partial charge is 0.398 e. The maximum Gasteiger partial charge on any atom is 0.265 e. The first-order chi connectivity index (χ1) is 8.90. The van der Waals surface area contributed by atoms with Crippen LogP contribution in [0, 0.1) is 12.7 Å². The zero-order valence-corrected chi connectivity index (χ0v) is 10.9. The van der Waals surface area contributed by atoms with E-state index in [1.54, 1.807) is 19.1 Å². The van der Waals surface area contributed by atoms with Crippen LogP contribution < -0.4 is 10.5 Å². The topological polar surface area (TPSA) is 85.1 Å². The fourth-order valence-corrected chi connectivity index (χ4v) is 2.74. The summed E-state index contributed by atoms with van der Waals surface area (Å²) in [5, 5.41) is 0. The third-order valence-electron chi connectivity index (χ3n) is 2.51. The molecule has 19 heavy (non-hydrogen) atoms. The lowest BCUT2D eigenvalue weighted by Gasteiger charge is -2.11. The van der Waals surface area contributed by atoms with Crippen molar-refractivity contribution in [3.8, 4) is 0 Å². The van der Waals surface area contributed by atoms with Gasteiger partial charge in [0.25, 0.3) is 10.0 Å². The molecule has 1 heterocycles. The predicted molar refractivity (Wildman–Crippen MR) is 70.6 cm³/mol. The van der Waals surface area contributed by atoms with Crippen molar-refractivity contribution < 1.29 is 12.8 Å². The number of nitrogens with zero attached hydrogens (tertiary/aromatic N) is 1. The van der Waals surface area contributed by atoms with Crippen LogP contribution in [0.1, 0.15) is 5.56 Å². The van der Waals surface area contributed by atoms with E-state index < -0.39 is 15.8 Å². The summed E-state index contributed by atoms with van der Waals surface area (Å²) >= 11 is 0. The first kappa shape index (κ1) is 13.3. The van der Waals surface area contributed by atoms with Gasteiger partial charge >= 0.3 is 0 Å². The van der Waals surface area contributed by atoms with Crippen LogP contribution in [0.15, 0.2) is 41.4 Å². The van der Waals surface area contributed by atoms with E-state index in [1.807, 2.05) is 0 Å². The Morgan fingerprint density at radius 1 is 1.32 bits per heavy atom. The van der Waals surface area contributed by atoms with E-state index in [9.17, 15) is 12.8 Å². The summed E-state index contributed by atoms with van der Waals surface area (Å²) in [5.74, 6) is -0.488. The minimum absolute atomic E-state index is 0.0255. The molecular weight excluding hydrogens is 269 g/mol. The number of aryl methyl sites for hydroxylation is 1. The summed E-state index contributed by atoms with van der Waals surface area (Å²) in [5.41, 5.74) is 6.19. The molecule has 2 rings (SSSR count). The first-order valence-corrected chi connectivity index (χ1v) is 6.88. The lowest BCUT2D eigenvalue weighted by atomic mass is 10.3. The normalized spacial score (nSPS) is 11.3. The van der Waals surface area contributed by atoms with E-state index in [2.05, 4.69) is 9.71 Å². The molecule has 0 atom stereocenters. The number of aromatic nitrogens is 1. The van der Waals surface area contributed by atoms with Gasteiger partial charge in [0, 0.05) is 6.20 Å². The number of nitrogens with two attached hydrogens (primary N) is 1. The molecule has 1 aromatic carbocycles. The van der Waals surface area contributed by atoms with Crippen LogP contribution >= 0.6 is 0 Å². The van der Waals surface area contributed by atoms with E-state index in [4.69, 9.17) is 5.73 Å². The fourth-order valence-electron chi connectivity index (χ4n) is 1.52. The molecule has 5 nitrogen and oxygen atoms in total. The highest BCUT2D eigenvalue weighted by Gasteiger charge is 2.19. The molecule has 0 saturated heterocycles. The Balaban J connectivity index is 2.44. The smallest absolute Gasteiger partial charge is 0.265 e. The quantitative estimate of drug-likeness (QED) is 0.842. The molecule has 0 aliphatic heterocycles. The molecule has 100 valence electrons. The van der Waals surface area contributed by atoms with Gasteiger partial charge in [-0.15, -0.1) is 0 Å². The molecule has 7 heteroatoms. The molecule has 0 aliphatic rings. The minimum Gasteiger partial charge on any atom is -0.398 e. The number of rotatable bonds is 3. The Hall–Kier alpha value is -2.15. The molecule has 0 bridgehead atoms. The second-order valence-electron chi connectivity index (χ2n) is 3.96. The van der Waals surface area contributed by atoms with E-state index in [0.29, 0.717) is 5.56 Å². The van der Waals surface area contributed by atoms with Crippen LogP contribution in [-0.2, 0) is 10.0 Å². The Kier molecular flexibility index (Phi) is 3.39. The van der Waals surface area contributed by atoms with Gasteiger partial charge in [-0.2, -0.15) is 0 Å². The highest BCUT2D eigenvalue weighted by molar-refractivity contribution is 7.92. The summed E-state index contributed by atoms with van der Waals surface area (Å²) in [4.78, 5) is 3.61. The van der Waals surface area contributed by atoms with Gasteiger partial charge < -0.3 is 5.73 Å². The number of nitrogen functional groups attached to an aromatic ring is 1. The number of anilines is 2. The molecule has 3 N–H and O–H groups in total. The molecule has 0 radical (unpaired) electrons. The molecule has 0 fully saturated rings. The van der Waals surface area contributed by atoms with Crippen molar-refractivity contribution in [3.05, 3.63) is 47.9 Å². The maximum absolute atomic E-state index is 13.1. The Labute approximate surface area is 110 Å². The van der Waals surface area contributed by atoms with E-state index >= 15 is 0 Å². The number of nitrogens with one attached hydrogen (secondary N) is 1. The molecule has 0 aliphatic carbocycles. The van der Waals surface area contributed by atoms with Crippen molar-refractivity contribution in [3.63, 3.8) is 0 Å². The lowest BCUT2D eigenvalue weighted by molar-refractivity contribution is 0.595. The summed E-state index contributed by atoms with van der Waals surface area (Å²) < 4.78 is 39.7. The van der Waals surface area contributed by atoms with Gasteiger partial charge in [-0.05, 0) is 36.8 Å². The van der Waals surface area contributed by atoms with Crippen LogP contribution in [0.2, 0.25) is 0 Å². The van der Waals surface area contributed by atoms with Crippen LogP contribution in [0.5, 0.6) is 0 Å². The summed E-state index contributed by atoms with van der Waals surface area (Å²) in [6, 6.07) is 6.56. The summed E-state index contributed by atoms with van der Waals surface area (Å²) in [7, 11) is -3.97. The van der Waals surface area contributed by atoms with E-state index in [1.165, 1.54) is 12.3 Å². The molecule has 2 aromatic rings. The lowest BCUT2D eigenvalue weighted by Crippen LogP contribution is -2.16. The van der Waals surface area contributed by atoms with E-state index in [-0.39, 0.29) is 16.4 Å². The Bertz CT molecular complexity index is 717. The number of pyridine rings is 1. The van der Waals surface area contributed by atoms with Crippen molar-refractivity contribution in [2.45, 2.75) is 11.8 Å². The number of hydrogen-bond acceptors (Lipinski definition) is 4. The highest BCUT2D eigenvalue weighted by atomic mass is 32.2. The average Bonchev–Trinajstić information content (AvgIpc) is 2.35. The zero-order chi connectivity index (χ0) is 14.0. The van der Waals surface area contributed by atoms with Gasteiger partial charge in [0.05, 0.1) is 5.69 Å². The fraction of sp³-hybridized carbons (Fsp3) is 0.0833. The van der Waals surface area contributed by atoms with Gasteiger partial charge in [-0.25, -0.2) is 17.8 Å². The van der Waals surface area contributed by atoms with Crippen molar-refractivity contribution in [1.82, 2.24) is 4.98 Å². The maximum atomic E-state index is 13.1. The summed E-state index contributed by atoms with van der Waals surface area (Å²) in [6.45, 7) is 1.71.